The normalized spacial score (nSPS) is 14.5. The molecule has 0 saturated carbocycles. The highest BCUT2D eigenvalue weighted by Gasteiger charge is 2.25. The Morgan fingerprint density at radius 3 is 2.34 bits per heavy atom. The minimum atomic E-state index is 0.700. The monoisotopic (exact) mass is 864 g/mol. The summed E-state index contributed by atoms with van der Waals surface area (Å²) in [5, 5.41) is 10.7. The van der Waals surface area contributed by atoms with E-state index in [0.29, 0.717) is 6.42 Å². The van der Waals surface area contributed by atoms with Crippen molar-refractivity contribution in [2.75, 3.05) is 0 Å². The summed E-state index contributed by atoms with van der Waals surface area (Å²) >= 11 is 3.29. The van der Waals surface area contributed by atoms with Crippen LogP contribution in [0.25, 0.3) is 82.9 Å². The van der Waals surface area contributed by atoms with E-state index in [2.05, 4.69) is 160 Å². The summed E-state index contributed by atoms with van der Waals surface area (Å²) in [6.45, 7) is 10.6. The molecule has 2 aliphatic rings. The van der Waals surface area contributed by atoms with Gasteiger partial charge in [-0.3, -0.25) is 9.98 Å². The highest BCUT2D eigenvalue weighted by Crippen LogP contribution is 2.46. The average Bonchev–Trinajstić information content (AvgIpc) is 4.08. The standard InChI is InChI=1S/C56H44N6S2/c1-6-15-41(7-2)61-52-37(5)31-39(43-22-24-58-25-23-48(43)56-60-27-29-64-56)33-50(52)47-21-13-18-44(54(47)61)45-19-14-20-46-49-32-38(40(35-57-8-3)34-51-59-26-28-63-51)30-36(4)53(49)62(55(45)46)42-16-11-9-10-12-17-42/h6-9,11-21,23-33,35H,34H2,1-5H3/b15-6-,40-35+,41-7+,57-8?. The summed E-state index contributed by atoms with van der Waals surface area (Å²) in [7, 11) is 0. The van der Waals surface area contributed by atoms with Crippen molar-refractivity contribution in [2.24, 2.45) is 9.98 Å². The second kappa shape index (κ2) is 17.4. The third-order valence-corrected chi connectivity index (χ3v) is 13.4. The fraction of sp³-hybridized carbons (Fsp3) is 0.107. The Balaban J connectivity index is 1.29. The molecule has 8 aromatic rings. The summed E-state index contributed by atoms with van der Waals surface area (Å²) in [6, 6.07) is 22.8. The molecule has 0 unspecified atom stereocenters. The number of aryl methyl sites for hydroxylation is 2. The van der Waals surface area contributed by atoms with Crippen LogP contribution < -0.4 is 0 Å². The molecule has 64 heavy (non-hydrogen) atoms. The van der Waals surface area contributed by atoms with Crippen LogP contribution in [0.4, 0.5) is 0 Å². The fourth-order valence-corrected chi connectivity index (χ4v) is 10.5. The number of aromatic nitrogens is 4. The average molecular weight is 865 g/mol. The topological polar surface area (TPSA) is 60.4 Å². The number of aliphatic imine (C=N–C) groups is 2. The number of nitrogens with zero attached hydrogens (tertiary/aromatic N) is 6. The summed E-state index contributed by atoms with van der Waals surface area (Å²) in [5.74, 6) is 0. The number of para-hydroxylation sites is 2. The van der Waals surface area contributed by atoms with Crippen molar-refractivity contribution in [1.29, 1.82) is 0 Å². The van der Waals surface area contributed by atoms with Gasteiger partial charge in [0, 0.05) is 103 Å². The van der Waals surface area contributed by atoms with Gasteiger partial charge in [-0.15, -0.1) is 28.4 Å². The van der Waals surface area contributed by atoms with Crippen LogP contribution in [-0.2, 0) is 6.42 Å². The zero-order chi connectivity index (χ0) is 43.7. The highest BCUT2D eigenvalue weighted by molar-refractivity contribution is 7.11. The van der Waals surface area contributed by atoms with Gasteiger partial charge in [-0.25, -0.2) is 9.97 Å². The maximum absolute atomic E-state index is 4.69. The van der Waals surface area contributed by atoms with Crippen LogP contribution in [0.5, 0.6) is 0 Å². The van der Waals surface area contributed by atoms with E-state index in [-0.39, 0.29) is 0 Å². The summed E-state index contributed by atoms with van der Waals surface area (Å²) in [5.41, 5.74) is 23.5. The lowest BCUT2D eigenvalue weighted by Gasteiger charge is -2.16. The van der Waals surface area contributed by atoms with Gasteiger partial charge >= 0.3 is 0 Å². The summed E-state index contributed by atoms with van der Waals surface area (Å²) < 4.78 is 4.92. The van der Waals surface area contributed by atoms with Crippen molar-refractivity contribution in [3.05, 3.63) is 195 Å². The number of thiazole rings is 2. The molecular weight excluding hydrogens is 821 g/mol. The molecule has 1 aliphatic carbocycles. The lowest BCUT2D eigenvalue weighted by molar-refractivity contribution is 1.19. The Hall–Kier alpha value is -7.44. The van der Waals surface area contributed by atoms with E-state index in [1.807, 2.05) is 66.9 Å². The van der Waals surface area contributed by atoms with Crippen LogP contribution in [0.1, 0.15) is 53.0 Å². The molecule has 0 radical (unpaired) electrons. The van der Waals surface area contributed by atoms with Crippen molar-refractivity contribution in [1.82, 2.24) is 19.1 Å². The van der Waals surface area contributed by atoms with Crippen LogP contribution in [0.3, 0.4) is 0 Å². The van der Waals surface area contributed by atoms with E-state index in [1.54, 1.807) is 28.9 Å². The van der Waals surface area contributed by atoms with E-state index in [1.165, 1.54) is 38.1 Å². The molecule has 310 valence electrons. The number of rotatable bonds is 10. The van der Waals surface area contributed by atoms with Crippen molar-refractivity contribution >= 4 is 107 Å². The van der Waals surface area contributed by atoms with E-state index in [9.17, 15) is 0 Å². The molecule has 4 aromatic carbocycles. The largest absolute Gasteiger partial charge is 0.309 e. The fourth-order valence-electron chi connectivity index (χ4n) is 9.22. The van der Waals surface area contributed by atoms with Crippen LogP contribution in [0.2, 0.25) is 0 Å². The van der Waals surface area contributed by atoms with E-state index in [0.717, 1.165) is 77.0 Å². The number of benzene rings is 4. The van der Waals surface area contributed by atoms with Crippen LogP contribution in [0.15, 0.2) is 172 Å². The Morgan fingerprint density at radius 2 is 1.58 bits per heavy atom. The molecular formula is C56H44N6S2. The first-order chi connectivity index (χ1) is 31.5. The predicted octanol–water partition coefficient (Wildman–Crippen LogP) is 15.0. The molecule has 0 atom stereocenters. The van der Waals surface area contributed by atoms with Gasteiger partial charge in [-0.1, -0.05) is 60.4 Å². The third kappa shape index (κ3) is 7.09. The quantitative estimate of drug-likeness (QED) is 0.0781. The zero-order valence-corrected chi connectivity index (χ0v) is 37.9. The Labute approximate surface area is 380 Å². The smallest absolute Gasteiger partial charge is 0.124 e. The van der Waals surface area contributed by atoms with Crippen molar-refractivity contribution in [3.63, 3.8) is 0 Å². The lowest BCUT2D eigenvalue weighted by atomic mass is 9.94. The van der Waals surface area contributed by atoms with Gasteiger partial charge < -0.3 is 9.13 Å². The molecule has 0 spiro atoms. The molecule has 4 aromatic heterocycles. The molecule has 0 bridgehead atoms. The molecule has 0 amide bonds. The minimum Gasteiger partial charge on any atom is -0.309 e. The van der Waals surface area contributed by atoms with Gasteiger partial charge in [0.15, 0.2) is 0 Å². The van der Waals surface area contributed by atoms with Crippen LogP contribution in [0, 0.1) is 13.8 Å². The Bertz CT molecular complexity index is 3570. The van der Waals surface area contributed by atoms with Gasteiger partial charge in [0.1, 0.15) is 5.01 Å². The van der Waals surface area contributed by atoms with Gasteiger partial charge in [0.2, 0.25) is 0 Å². The highest BCUT2D eigenvalue weighted by atomic mass is 32.1. The second-order valence-corrected chi connectivity index (χ2v) is 17.5. The number of hydrogen-bond acceptors (Lipinski definition) is 6. The van der Waals surface area contributed by atoms with Crippen molar-refractivity contribution in [3.8, 4) is 11.1 Å². The Kier molecular flexibility index (Phi) is 11.0. The first kappa shape index (κ1) is 40.6. The van der Waals surface area contributed by atoms with Gasteiger partial charge in [0.05, 0.1) is 33.3 Å². The molecule has 0 fully saturated rings. The maximum Gasteiger partial charge on any atom is 0.124 e. The van der Waals surface area contributed by atoms with Gasteiger partial charge in [-0.05, 0) is 123 Å². The molecule has 8 heteroatoms. The molecule has 0 N–H and O–H groups in total. The molecule has 6 nitrogen and oxygen atoms in total. The summed E-state index contributed by atoms with van der Waals surface area (Å²) in [4.78, 5) is 18.4. The molecule has 1 aliphatic heterocycles. The zero-order valence-electron chi connectivity index (χ0n) is 36.3. The van der Waals surface area contributed by atoms with Gasteiger partial charge in [-0.2, -0.15) is 0 Å². The van der Waals surface area contributed by atoms with E-state index < -0.39 is 0 Å². The van der Waals surface area contributed by atoms with Crippen LogP contribution in [-0.4, -0.2) is 31.5 Å². The number of hydrogen-bond donors (Lipinski definition) is 0. The van der Waals surface area contributed by atoms with Crippen molar-refractivity contribution in [2.45, 2.75) is 41.0 Å². The molecule has 5 heterocycles. The number of fused-ring (bicyclic) bond motifs is 6. The molecule has 10 rings (SSSR count). The van der Waals surface area contributed by atoms with E-state index in [4.69, 9.17) is 4.98 Å². The molecule has 0 saturated heterocycles. The SMILES string of the molecule is CC=N/C=C(\Cc1nccs1)c1cc(C)c2c(c1)c1cccc(-c3cccc4c5cc(C6=C=CN=CC=C6c6nccs6)cc(C)c5n(C(/C=C\C)=C/C)c34)c1n2C1=CC=C=CC=C1. The van der Waals surface area contributed by atoms with E-state index >= 15 is 0 Å². The van der Waals surface area contributed by atoms with Crippen LogP contribution >= 0.6 is 22.7 Å². The minimum absolute atomic E-state index is 0.700. The third-order valence-electron chi connectivity index (χ3n) is 11.8. The summed E-state index contributed by atoms with van der Waals surface area (Å²) in [6.07, 6.45) is 30.8. The number of allylic oxidation sites excluding steroid dienone is 13. The first-order valence-electron chi connectivity index (χ1n) is 21.4. The Morgan fingerprint density at radius 1 is 0.797 bits per heavy atom. The lowest BCUT2D eigenvalue weighted by Crippen LogP contribution is -2.00. The maximum atomic E-state index is 4.69. The predicted molar refractivity (Wildman–Crippen MR) is 276 cm³/mol. The second-order valence-electron chi connectivity index (χ2n) is 15.6. The first-order valence-corrected chi connectivity index (χ1v) is 23.1. The van der Waals surface area contributed by atoms with Gasteiger partial charge in [0.25, 0.3) is 0 Å². The van der Waals surface area contributed by atoms with Crippen molar-refractivity contribution < 1.29 is 0 Å².